The Morgan fingerprint density at radius 1 is 1.07 bits per heavy atom. The normalized spacial score (nSPS) is 15.5. The van der Waals surface area contributed by atoms with Crippen LogP contribution in [-0.4, -0.2) is 23.3 Å². The minimum Gasteiger partial charge on any atom is -0.283 e. The van der Waals surface area contributed by atoms with Crippen LogP contribution < -0.4 is 0 Å². The van der Waals surface area contributed by atoms with Crippen molar-refractivity contribution in [1.29, 1.82) is 0 Å². The zero-order valence-electron chi connectivity index (χ0n) is 9.51. The molecule has 0 saturated carbocycles. The van der Waals surface area contributed by atoms with Crippen LogP contribution in [0.5, 0.6) is 0 Å². The zero-order valence-corrected chi connectivity index (χ0v) is 9.51. The van der Waals surface area contributed by atoms with Gasteiger partial charge in [0.25, 0.3) is 0 Å². The molecule has 0 spiro atoms. The Balaban J connectivity index is 0.000000791. The van der Waals surface area contributed by atoms with Crippen LogP contribution in [0.3, 0.4) is 0 Å². The van der Waals surface area contributed by atoms with Crippen molar-refractivity contribution in [2.24, 2.45) is 0 Å². The molecule has 1 aliphatic rings. The van der Waals surface area contributed by atoms with E-state index in [1.54, 1.807) is 0 Å². The molecule has 3 nitrogen and oxygen atoms in total. The molecule has 0 aromatic carbocycles. The van der Waals surface area contributed by atoms with Crippen LogP contribution in [0.1, 0.15) is 52.9 Å². The molecule has 1 heterocycles. The summed E-state index contributed by atoms with van der Waals surface area (Å²) in [5, 5.41) is 0. The Bertz CT molecular complexity index is 174. The first kappa shape index (κ1) is 13.1. The van der Waals surface area contributed by atoms with Gasteiger partial charge in [0.1, 0.15) is 0 Å². The first-order valence-corrected chi connectivity index (χ1v) is 5.59. The van der Waals surface area contributed by atoms with E-state index in [1.165, 1.54) is 4.90 Å². The first-order valence-electron chi connectivity index (χ1n) is 5.59. The van der Waals surface area contributed by atoms with E-state index in [0.717, 1.165) is 19.3 Å². The predicted molar refractivity (Wildman–Crippen MR) is 56.8 cm³/mol. The second-order valence-electron chi connectivity index (χ2n) is 3.15. The summed E-state index contributed by atoms with van der Waals surface area (Å²) in [4.78, 5) is 23.6. The van der Waals surface area contributed by atoms with E-state index in [2.05, 4.69) is 6.92 Å². The molecule has 0 aromatic rings. The topological polar surface area (TPSA) is 37.4 Å². The number of carbonyl (C=O) groups excluding carboxylic acids is 2. The molecular weight excluding hydrogens is 178 g/mol. The minimum atomic E-state index is 0.0103. The molecule has 0 N–H and O–H groups in total. The van der Waals surface area contributed by atoms with Gasteiger partial charge >= 0.3 is 0 Å². The molecule has 1 aliphatic heterocycles. The van der Waals surface area contributed by atoms with Crippen LogP contribution in [0.25, 0.3) is 0 Å². The Morgan fingerprint density at radius 2 is 1.57 bits per heavy atom. The van der Waals surface area contributed by atoms with Crippen LogP contribution in [0, 0.1) is 0 Å². The number of unbranched alkanes of at least 4 members (excludes halogenated alkanes) is 2. The van der Waals surface area contributed by atoms with Crippen LogP contribution in [0.2, 0.25) is 0 Å². The summed E-state index contributed by atoms with van der Waals surface area (Å²) in [5.74, 6) is 0.0206. The molecule has 0 radical (unpaired) electrons. The second kappa shape index (κ2) is 7.54. The van der Waals surface area contributed by atoms with Crippen LogP contribution >= 0.6 is 0 Å². The van der Waals surface area contributed by atoms with E-state index >= 15 is 0 Å². The maximum atomic E-state index is 11.1. The van der Waals surface area contributed by atoms with Crippen molar-refractivity contribution in [3.05, 3.63) is 0 Å². The average Bonchev–Trinajstić information content (AvgIpc) is 2.52. The molecular formula is C11H21NO2. The number of hydrogen-bond donors (Lipinski definition) is 0. The molecule has 0 aromatic heterocycles. The van der Waals surface area contributed by atoms with Gasteiger partial charge in [0, 0.05) is 19.4 Å². The summed E-state index contributed by atoms with van der Waals surface area (Å²) in [6, 6.07) is 0. The van der Waals surface area contributed by atoms with Crippen LogP contribution in [0.4, 0.5) is 0 Å². The van der Waals surface area contributed by atoms with Gasteiger partial charge in [-0.25, -0.2) is 0 Å². The highest BCUT2D eigenvalue weighted by atomic mass is 16.2. The fraction of sp³-hybridized carbons (Fsp3) is 0.818. The standard InChI is InChI=1S/C9H15NO2.C2H6/c1-2-3-4-7-10-8(11)5-6-9(10)12;1-2/h2-7H2,1H3;1-2H3. The van der Waals surface area contributed by atoms with Gasteiger partial charge in [0.2, 0.25) is 11.8 Å². The van der Waals surface area contributed by atoms with Gasteiger partial charge in [0.05, 0.1) is 0 Å². The summed E-state index contributed by atoms with van der Waals surface area (Å²) in [6.45, 7) is 6.74. The lowest BCUT2D eigenvalue weighted by Crippen LogP contribution is -2.29. The number of amides is 2. The van der Waals surface area contributed by atoms with Crippen molar-refractivity contribution in [2.75, 3.05) is 6.54 Å². The van der Waals surface area contributed by atoms with Crippen molar-refractivity contribution in [2.45, 2.75) is 52.9 Å². The summed E-state index contributed by atoms with van der Waals surface area (Å²) >= 11 is 0. The molecule has 1 fully saturated rings. The molecule has 2 amide bonds. The average molecular weight is 199 g/mol. The second-order valence-corrected chi connectivity index (χ2v) is 3.15. The quantitative estimate of drug-likeness (QED) is 0.515. The molecule has 14 heavy (non-hydrogen) atoms. The van der Waals surface area contributed by atoms with E-state index < -0.39 is 0 Å². The highest BCUT2D eigenvalue weighted by Crippen LogP contribution is 2.12. The Morgan fingerprint density at radius 3 is 2.00 bits per heavy atom. The molecule has 1 rings (SSSR count). The first-order chi connectivity index (χ1) is 6.75. The number of imide groups is 1. The third kappa shape index (κ3) is 3.90. The molecule has 82 valence electrons. The van der Waals surface area contributed by atoms with Crippen molar-refractivity contribution in [3.8, 4) is 0 Å². The van der Waals surface area contributed by atoms with E-state index in [1.807, 2.05) is 13.8 Å². The maximum Gasteiger partial charge on any atom is 0.229 e. The van der Waals surface area contributed by atoms with Gasteiger partial charge in [-0.05, 0) is 6.42 Å². The molecule has 1 saturated heterocycles. The predicted octanol–water partition coefficient (Wildman–Crippen LogP) is 2.35. The third-order valence-corrected chi connectivity index (χ3v) is 2.14. The lowest BCUT2D eigenvalue weighted by Gasteiger charge is -2.12. The number of carbonyl (C=O) groups is 2. The zero-order chi connectivity index (χ0) is 11.0. The van der Waals surface area contributed by atoms with Crippen molar-refractivity contribution in [3.63, 3.8) is 0 Å². The fourth-order valence-electron chi connectivity index (χ4n) is 1.39. The molecule has 3 heteroatoms. The van der Waals surface area contributed by atoms with Crippen LogP contribution in [-0.2, 0) is 9.59 Å². The Hall–Kier alpha value is -0.860. The fourth-order valence-corrected chi connectivity index (χ4v) is 1.39. The van der Waals surface area contributed by atoms with Gasteiger partial charge in [-0.3, -0.25) is 14.5 Å². The summed E-state index contributed by atoms with van der Waals surface area (Å²) in [6.07, 6.45) is 4.01. The molecule has 0 atom stereocenters. The summed E-state index contributed by atoms with van der Waals surface area (Å²) in [7, 11) is 0. The van der Waals surface area contributed by atoms with E-state index in [9.17, 15) is 9.59 Å². The lowest BCUT2D eigenvalue weighted by atomic mass is 10.2. The number of rotatable bonds is 4. The van der Waals surface area contributed by atoms with Crippen molar-refractivity contribution >= 4 is 11.8 Å². The van der Waals surface area contributed by atoms with Gasteiger partial charge < -0.3 is 0 Å². The highest BCUT2D eigenvalue weighted by molar-refractivity contribution is 6.01. The van der Waals surface area contributed by atoms with Gasteiger partial charge in [-0.2, -0.15) is 0 Å². The molecule has 0 unspecified atom stereocenters. The smallest absolute Gasteiger partial charge is 0.229 e. The Kier molecular flexibility index (Phi) is 7.07. The third-order valence-electron chi connectivity index (χ3n) is 2.14. The minimum absolute atomic E-state index is 0.0103. The summed E-state index contributed by atoms with van der Waals surface area (Å²) in [5.41, 5.74) is 0. The van der Waals surface area contributed by atoms with Gasteiger partial charge in [0.15, 0.2) is 0 Å². The number of hydrogen-bond acceptors (Lipinski definition) is 2. The van der Waals surface area contributed by atoms with Gasteiger partial charge in [-0.15, -0.1) is 0 Å². The largest absolute Gasteiger partial charge is 0.283 e. The van der Waals surface area contributed by atoms with Crippen LogP contribution in [0.15, 0.2) is 0 Å². The highest BCUT2D eigenvalue weighted by Gasteiger charge is 2.27. The number of likely N-dealkylation sites (tertiary alicyclic amines) is 1. The monoisotopic (exact) mass is 199 g/mol. The lowest BCUT2D eigenvalue weighted by molar-refractivity contribution is -0.138. The van der Waals surface area contributed by atoms with Gasteiger partial charge in [-0.1, -0.05) is 33.6 Å². The SMILES string of the molecule is CC.CCCCCN1C(=O)CCC1=O. The van der Waals surface area contributed by atoms with E-state index in [-0.39, 0.29) is 11.8 Å². The van der Waals surface area contributed by atoms with Crippen molar-refractivity contribution in [1.82, 2.24) is 4.90 Å². The summed E-state index contributed by atoms with van der Waals surface area (Å²) < 4.78 is 0. The molecule has 0 bridgehead atoms. The van der Waals surface area contributed by atoms with E-state index in [4.69, 9.17) is 0 Å². The number of nitrogens with zero attached hydrogens (tertiary/aromatic N) is 1. The Labute approximate surface area is 86.5 Å². The maximum absolute atomic E-state index is 11.1. The van der Waals surface area contributed by atoms with Crippen molar-refractivity contribution < 1.29 is 9.59 Å². The van der Waals surface area contributed by atoms with E-state index in [0.29, 0.717) is 19.4 Å². The molecule has 0 aliphatic carbocycles.